The van der Waals surface area contributed by atoms with Crippen molar-refractivity contribution >= 4 is 45.2 Å². The first kappa shape index (κ1) is 26.0. The van der Waals surface area contributed by atoms with Crippen molar-refractivity contribution in [2.75, 3.05) is 24.2 Å². The topological polar surface area (TPSA) is 130 Å². The SMILES string of the molecule is Cc1nc(Nc2cccc(CCNC(=O)[C@H](C)N(C)C(=O)/C=C/CBr)c2)c(C(N)=O)nc1C. The van der Waals surface area contributed by atoms with Crippen LogP contribution in [0, 0.1) is 13.8 Å². The van der Waals surface area contributed by atoms with Crippen molar-refractivity contribution in [1.29, 1.82) is 0 Å². The Hall–Kier alpha value is -3.27. The second kappa shape index (κ2) is 12.1. The van der Waals surface area contributed by atoms with E-state index in [-0.39, 0.29) is 17.5 Å². The smallest absolute Gasteiger partial charge is 0.271 e. The molecular weight excluding hydrogens is 488 g/mol. The van der Waals surface area contributed by atoms with Crippen molar-refractivity contribution in [2.45, 2.75) is 33.2 Å². The summed E-state index contributed by atoms with van der Waals surface area (Å²) in [6.07, 6.45) is 3.69. The number of rotatable bonds is 10. The second-order valence-corrected chi connectivity index (χ2v) is 8.15. The summed E-state index contributed by atoms with van der Waals surface area (Å²) in [7, 11) is 1.59. The fourth-order valence-electron chi connectivity index (χ4n) is 2.91. The fourth-order valence-corrected chi connectivity index (χ4v) is 3.10. The monoisotopic (exact) mass is 516 g/mol. The Bertz CT molecular complexity index is 1060. The molecule has 176 valence electrons. The van der Waals surface area contributed by atoms with E-state index in [2.05, 4.69) is 36.5 Å². The van der Waals surface area contributed by atoms with E-state index < -0.39 is 11.9 Å². The highest BCUT2D eigenvalue weighted by atomic mass is 79.9. The van der Waals surface area contributed by atoms with Crippen LogP contribution in [-0.4, -0.2) is 57.6 Å². The van der Waals surface area contributed by atoms with Crippen LogP contribution in [0.2, 0.25) is 0 Å². The molecule has 0 unspecified atom stereocenters. The van der Waals surface area contributed by atoms with Gasteiger partial charge in [0.1, 0.15) is 6.04 Å². The first-order valence-electron chi connectivity index (χ1n) is 10.4. The molecule has 0 bridgehead atoms. The molecule has 2 rings (SSSR count). The Kier molecular flexibility index (Phi) is 9.53. The van der Waals surface area contributed by atoms with Crippen molar-refractivity contribution < 1.29 is 14.4 Å². The molecular formula is C23H29BrN6O3. The average molecular weight is 517 g/mol. The number of nitrogens with zero attached hydrogens (tertiary/aromatic N) is 3. The van der Waals surface area contributed by atoms with Crippen LogP contribution < -0.4 is 16.4 Å². The zero-order valence-electron chi connectivity index (χ0n) is 19.2. The summed E-state index contributed by atoms with van der Waals surface area (Å²) in [5.74, 6) is -0.830. The van der Waals surface area contributed by atoms with Crippen LogP contribution in [0.25, 0.3) is 0 Å². The summed E-state index contributed by atoms with van der Waals surface area (Å²) < 4.78 is 0. The molecule has 0 spiro atoms. The Labute approximate surface area is 202 Å². The van der Waals surface area contributed by atoms with Crippen molar-refractivity contribution in [3.05, 3.63) is 59.1 Å². The number of aryl methyl sites for hydroxylation is 2. The number of hydrogen-bond acceptors (Lipinski definition) is 6. The van der Waals surface area contributed by atoms with Gasteiger partial charge in [0.15, 0.2) is 11.5 Å². The maximum atomic E-state index is 12.4. The van der Waals surface area contributed by atoms with E-state index in [1.54, 1.807) is 33.9 Å². The molecule has 0 radical (unpaired) electrons. The van der Waals surface area contributed by atoms with Gasteiger partial charge in [-0.15, -0.1) is 0 Å². The van der Waals surface area contributed by atoms with Gasteiger partial charge in [0, 0.05) is 24.6 Å². The lowest BCUT2D eigenvalue weighted by Gasteiger charge is -2.23. The summed E-state index contributed by atoms with van der Waals surface area (Å²) in [5, 5.41) is 6.54. The summed E-state index contributed by atoms with van der Waals surface area (Å²) in [6, 6.07) is 6.94. The number of primary amides is 1. The zero-order valence-corrected chi connectivity index (χ0v) is 20.8. The van der Waals surface area contributed by atoms with Gasteiger partial charge in [-0.05, 0) is 51.0 Å². The van der Waals surface area contributed by atoms with E-state index in [0.29, 0.717) is 35.5 Å². The van der Waals surface area contributed by atoms with Crippen LogP contribution in [0.4, 0.5) is 11.5 Å². The van der Waals surface area contributed by atoms with Gasteiger partial charge in [-0.25, -0.2) is 9.97 Å². The number of aromatic nitrogens is 2. The van der Waals surface area contributed by atoms with E-state index in [1.807, 2.05) is 24.3 Å². The van der Waals surface area contributed by atoms with Crippen LogP contribution >= 0.6 is 15.9 Å². The molecule has 0 aliphatic carbocycles. The fraction of sp³-hybridized carbons (Fsp3) is 0.348. The molecule has 0 aliphatic rings. The predicted octanol–water partition coefficient (Wildman–Crippen LogP) is 2.39. The number of benzene rings is 1. The summed E-state index contributed by atoms with van der Waals surface area (Å²) in [5.41, 5.74) is 8.55. The summed E-state index contributed by atoms with van der Waals surface area (Å²) in [4.78, 5) is 46.2. The minimum absolute atomic E-state index is 0.0781. The highest BCUT2D eigenvalue weighted by Gasteiger charge is 2.20. The molecule has 4 N–H and O–H groups in total. The summed E-state index contributed by atoms with van der Waals surface area (Å²) >= 11 is 3.22. The van der Waals surface area contributed by atoms with Gasteiger partial charge in [-0.1, -0.05) is 34.1 Å². The van der Waals surface area contributed by atoms with E-state index in [0.717, 1.165) is 11.3 Å². The highest BCUT2D eigenvalue weighted by molar-refractivity contribution is 9.09. The molecule has 2 aromatic rings. The standard InChI is InChI=1S/C23H29BrN6O3/c1-14-15(2)28-22(20(27-14)21(25)32)29-18-8-5-7-17(13-18)10-12-26-23(33)16(3)30(4)19(31)9-6-11-24/h5-9,13,16H,10-12H2,1-4H3,(H2,25,32)(H,26,33)(H,28,29)/b9-6+/t16-/m0/s1. The number of carbonyl (C=O) groups is 3. The van der Waals surface area contributed by atoms with E-state index in [9.17, 15) is 14.4 Å². The number of likely N-dealkylation sites (N-methyl/N-ethyl adjacent to an activating group) is 1. The molecule has 33 heavy (non-hydrogen) atoms. The van der Waals surface area contributed by atoms with Crippen LogP contribution in [-0.2, 0) is 16.0 Å². The lowest BCUT2D eigenvalue weighted by atomic mass is 10.1. The third-order valence-electron chi connectivity index (χ3n) is 5.10. The Morgan fingerprint density at radius 1 is 1.21 bits per heavy atom. The molecule has 1 heterocycles. The van der Waals surface area contributed by atoms with Gasteiger partial charge in [0.2, 0.25) is 11.8 Å². The zero-order chi connectivity index (χ0) is 24.5. The van der Waals surface area contributed by atoms with E-state index in [1.165, 1.54) is 11.0 Å². The number of nitrogens with one attached hydrogen (secondary N) is 2. The lowest BCUT2D eigenvalue weighted by molar-refractivity contribution is -0.135. The highest BCUT2D eigenvalue weighted by Crippen LogP contribution is 2.20. The number of halogens is 1. The maximum absolute atomic E-state index is 12.4. The molecule has 0 fully saturated rings. The van der Waals surface area contributed by atoms with Gasteiger partial charge in [0.05, 0.1) is 11.4 Å². The molecule has 0 saturated carbocycles. The van der Waals surface area contributed by atoms with E-state index in [4.69, 9.17) is 5.73 Å². The molecule has 0 saturated heterocycles. The minimum Gasteiger partial charge on any atom is -0.364 e. The minimum atomic E-state index is -0.660. The molecule has 1 atom stereocenters. The first-order valence-corrected chi connectivity index (χ1v) is 11.5. The van der Waals surface area contributed by atoms with Crippen LogP contribution in [0.3, 0.4) is 0 Å². The molecule has 1 aromatic carbocycles. The number of nitrogens with two attached hydrogens (primary N) is 1. The van der Waals surface area contributed by atoms with E-state index >= 15 is 0 Å². The van der Waals surface area contributed by atoms with Gasteiger partial charge in [0.25, 0.3) is 5.91 Å². The lowest BCUT2D eigenvalue weighted by Crippen LogP contribution is -2.45. The van der Waals surface area contributed by atoms with Crippen molar-refractivity contribution in [1.82, 2.24) is 20.2 Å². The van der Waals surface area contributed by atoms with Gasteiger partial charge in [-0.2, -0.15) is 0 Å². The van der Waals surface area contributed by atoms with Crippen molar-refractivity contribution in [2.24, 2.45) is 5.73 Å². The van der Waals surface area contributed by atoms with Crippen molar-refractivity contribution in [3.8, 4) is 0 Å². The van der Waals surface area contributed by atoms with Crippen molar-refractivity contribution in [3.63, 3.8) is 0 Å². The quantitative estimate of drug-likeness (QED) is 0.328. The molecule has 3 amide bonds. The molecule has 9 nitrogen and oxygen atoms in total. The van der Waals surface area contributed by atoms with Gasteiger partial charge < -0.3 is 21.3 Å². The van der Waals surface area contributed by atoms with Gasteiger partial charge >= 0.3 is 0 Å². The number of allylic oxidation sites excluding steroid dienone is 1. The average Bonchev–Trinajstić information content (AvgIpc) is 2.78. The number of alkyl halides is 1. The van der Waals surface area contributed by atoms with Crippen LogP contribution in [0.1, 0.15) is 34.4 Å². The normalized spacial score (nSPS) is 11.8. The second-order valence-electron chi connectivity index (χ2n) is 7.50. The largest absolute Gasteiger partial charge is 0.364 e. The maximum Gasteiger partial charge on any atom is 0.271 e. The third kappa shape index (κ3) is 7.38. The van der Waals surface area contributed by atoms with Crippen LogP contribution in [0.15, 0.2) is 36.4 Å². The first-order chi connectivity index (χ1) is 15.6. The Morgan fingerprint density at radius 2 is 1.91 bits per heavy atom. The Balaban J connectivity index is 1.99. The molecule has 0 aliphatic heterocycles. The number of amides is 3. The van der Waals surface area contributed by atoms with Crippen LogP contribution in [0.5, 0.6) is 0 Å². The molecule has 1 aromatic heterocycles. The number of carbonyl (C=O) groups excluding carboxylic acids is 3. The Morgan fingerprint density at radius 3 is 2.58 bits per heavy atom. The predicted molar refractivity (Wildman–Crippen MR) is 132 cm³/mol. The number of anilines is 2. The number of hydrogen-bond donors (Lipinski definition) is 3. The summed E-state index contributed by atoms with van der Waals surface area (Å²) in [6.45, 7) is 5.66. The van der Waals surface area contributed by atoms with Gasteiger partial charge in [-0.3, -0.25) is 14.4 Å². The third-order valence-corrected chi connectivity index (χ3v) is 5.47. The molecule has 10 heteroatoms.